The second-order valence-electron chi connectivity index (χ2n) is 8.54. The molecule has 2 rings (SSSR count). The van der Waals surface area contributed by atoms with Crippen molar-refractivity contribution in [2.24, 2.45) is 4.99 Å². The molecule has 0 amide bonds. The predicted molar refractivity (Wildman–Crippen MR) is 122 cm³/mol. The van der Waals surface area contributed by atoms with Crippen molar-refractivity contribution in [3.8, 4) is 0 Å². The third-order valence-electron chi connectivity index (χ3n) is 5.75. The number of halogens is 3. The monoisotopic (exact) mass is 438 g/mol. The zero-order valence-electron chi connectivity index (χ0n) is 19.4. The Balaban J connectivity index is 2.27. The number of nitrogens with zero attached hydrogens (tertiary/aromatic N) is 1. The molecule has 1 aliphatic rings. The number of aryl methyl sites for hydroxylation is 1. The van der Waals surface area contributed by atoms with Crippen molar-refractivity contribution in [3.05, 3.63) is 40.5 Å². The molecule has 174 valence electrons. The Morgan fingerprint density at radius 1 is 1.13 bits per heavy atom. The summed E-state index contributed by atoms with van der Waals surface area (Å²) >= 11 is 0. The number of nitrogens with one attached hydrogen (secondary N) is 1. The fourth-order valence-electron chi connectivity index (χ4n) is 4.04. The van der Waals surface area contributed by atoms with Gasteiger partial charge in [-0.15, -0.1) is 0 Å². The molecule has 3 nitrogen and oxygen atoms in total. The second kappa shape index (κ2) is 12.3. The van der Waals surface area contributed by atoms with Gasteiger partial charge in [0.2, 0.25) is 5.90 Å². The van der Waals surface area contributed by atoms with Crippen LogP contribution in [0.2, 0.25) is 0 Å². The van der Waals surface area contributed by atoms with Gasteiger partial charge in [0.15, 0.2) is 0 Å². The summed E-state index contributed by atoms with van der Waals surface area (Å²) in [5, 5.41) is 3.33. The van der Waals surface area contributed by atoms with Crippen molar-refractivity contribution < 1.29 is 17.9 Å². The molecule has 1 atom stereocenters. The Morgan fingerprint density at radius 2 is 1.84 bits per heavy atom. The zero-order chi connectivity index (χ0) is 22.9. The molecule has 1 aromatic carbocycles. The van der Waals surface area contributed by atoms with Crippen LogP contribution in [0.5, 0.6) is 0 Å². The summed E-state index contributed by atoms with van der Waals surface area (Å²) in [7, 11) is 1.56. The normalized spacial score (nSPS) is 17.1. The lowest BCUT2D eigenvalue weighted by Gasteiger charge is -2.17. The van der Waals surface area contributed by atoms with Gasteiger partial charge in [0, 0.05) is 5.56 Å². The summed E-state index contributed by atoms with van der Waals surface area (Å²) in [5.41, 5.74) is 1.69. The van der Waals surface area contributed by atoms with E-state index >= 15 is 0 Å². The van der Waals surface area contributed by atoms with E-state index in [1.54, 1.807) is 19.2 Å². The highest BCUT2D eigenvalue weighted by atomic mass is 19.4. The molecule has 1 saturated heterocycles. The number of unbranched alkanes of at least 4 members (excludes halogenated alkanes) is 5. The molecule has 0 radical (unpaired) electrons. The average Bonchev–Trinajstić information content (AvgIpc) is 3.25. The quantitative estimate of drug-likeness (QED) is 0.239. The van der Waals surface area contributed by atoms with Crippen LogP contribution in [0.25, 0.3) is 5.70 Å². The predicted octanol–water partition coefficient (Wildman–Crippen LogP) is 7.16. The second-order valence-corrected chi connectivity index (χ2v) is 8.54. The molecule has 0 aromatic heterocycles. The Hall–Kier alpha value is -1.82. The number of hydrogen-bond acceptors (Lipinski definition) is 3. The van der Waals surface area contributed by atoms with Gasteiger partial charge in [-0.1, -0.05) is 51.2 Å². The summed E-state index contributed by atoms with van der Waals surface area (Å²) in [6.07, 6.45) is 4.33. The van der Waals surface area contributed by atoms with Gasteiger partial charge in [0.05, 0.1) is 24.4 Å². The summed E-state index contributed by atoms with van der Waals surface area (Å²) in [4.78, 5) is 4.65. The molecule has 1 aliphatic heterocycles. The molecule has 0 aliphatic carbocycles. The maximum Gasteiger partial charge on any atom is 0.416 e. The molecular weight excluding hydrogens is 401 g/mol. The number of aliphatic imine (C=N–C) groups is 1. The van der Waals surface area contributed by atoms with E-state index in [0.29, 0.717) is 29.1 Å². The molecular formula is C25H37F3N2O. The fourth-order valence-corrected chi connectivity index (χ4v) is 4.04. The molecule has 1 heterocycles. The van der Waals surface area contributed by atoms with E-state index in [9.17, 15) is 13.2 Å². The topological polar surface area (TPSA) is 33.6 Å². The van der Waals surface area contributed by atoms with Crippen molar-refractivity contribution in [2.45, 2.75) is 90.8 Å². The lowest BCUT2D eigenvalue weighted by molar-refractivity contribution is -0.138. The van der Waals surface area contributed by atoms with Crippen LogP contribution < -0.4 is 5.32 Å². The smallest absolute Gasteiger partial charge is 0.416 e. The van der Waals surface area contributed by atoms with Crippen molar-refractivity contribution in [1.29, 1.82) is 0 Å². The highest BCUT2D eigenvalue weighted by Gasteiger charge is 2.33. The number of allylic oxidation sites excluding steroid dienone is 1. The Bertz CT molecular complexity index is 759. The molecule has 1 fully saturated rings. The van der Waals surface area contributed by atoms with Crippen LogP contribution in [0, 0.1) is 0 Å². The van der Waals surface area contributed by atoms with Crippen molar-refractivity contribution in [2.75, 3.05) is 13.7 Å². The SMILES string of the molecule is CCCCCCCCc1ccc(C(/N=C(\OC)C2CCCN2)=C(C)C)cc1C(F)(F)F. The molecule has 1 unspecified atom stereocenters. The van der Waals surface area contributed by atoms with Crippen molar-refractivity contribution >= 4 is 11.6 Å². The van der Waals surface area contributed by atoms with E-state index in [4.69, 9.17) is 4.74 Å². The number of alkyl halides is 3. The van der Waals surface area contributed by atoms with E-state index in [-0.39, 0.29) is 6.04 Å². The highest BCUT2D eigenvalue weighted by Crippen LogP contribution is 2.35. The van der Waals surface area contributed by atoms with E-state index < -0.39 is 11.7 Å². The van der Waals surface area contributed by atoms with Gasteiger partial charge < -0.3 is 10.1 Å². The minimum atomic E-state index is -4.39. The standard InChI is InChI=1S/C25H37F3N2O/c1-5-6-7-8-9-10-12-19-14-15-20(17-21(19)25(26,27)28)23(18(2)3)30-24(31-4)22-13-11-16-29-22/h14-15,17,22,29H,5-13,16H2,1-4H3/b30-24-. The third-order valence-corrected chi connectivity index (χ3v) is 5.75. The van der Waals surface area contributed by atoms with Gasteiger partial charge in [-0.05, 0) is 63.3 Å². The van der Waals surface area contributed by atoms with E-state index in [2.05, 4.69) is 17.2 Å². The minimum Gasteiger partial charge on any atom is -0.483 e. The molecule has 31 heavy (non-hydrogen) atoms. The van der Waals surface area contributed by atoms with Crippen LogP contribution in [0.4, 0.5) is 13.2 Å². The highest BCUT2D eigenvalue weighted by molar-refractivity contribution is 5.88. The number of rotatable bonds is 10. The molecule has 1 aromatic rings. The van der Waals surface area contributed by atoms with Gasteiger partial charge in [-0.25, -0.2) is 4.99 Å². The first kappa shape index (κ1) is 25.4. The van der Waals surface area contributed by atoms with Crippen molar-refractivity contribution in [3.63, 3.8) is 0 Å². The maximum absolute atomic E-state index is 13.9. The maximum atomic E-state index is 13.9. The Morgan fingerprint density at radius 3 is 2.42 bits per heavy atom. The largest absolute Gasteiger partial charge is 0.483 e. The van der Waals surface area contributed by atoms with Gasteiger partial charge in [0.25, 0.3) is 0 Å². The third kappa shape index (κ3) is 7.67. The molecule has 1 N–H and O–H groups in total. The average molecular weight is 439 g/mol. The van der Waals surface area contributed by atoms with Crippen LogP contribution in [0.3, 0.4) is 0 Å². The molecule has 0 bridgehead atoms. The van der Waals surface area contributed by atoms with Gasteiger partial charge in [-0.3, -0.25) is 0 Å². The van der Waals surface area contributed by atoms with Crippen LogP contribution in [0.1, 0.15) is 88.8 Å². The van der Waals surface area contributed by atoms with Crippen LogP contribution >= 0.6 is 0 Å². The Kier molecular flexibility index (Phi) is 10.1. The van der Waals surface area contributed by atoms with Crippen LogP contribution in [-0.4, -0.2) is 25.6 Å². The number of methoxy groups -OCH3 is 1. The first-order valence-electron chi connectivity index (χ1n) is 11.5. The van der Waals surface area contributed by atoms with Crippen molar-refractivity contribution in [1.82, 2.24) is 5.32 Å². The Labute approximate surface area is 185 Å². The first-order valence-corrected chi connectivity index (χ1v) is 11.5. The van der Waals surface area contributed by atoms with Gasteiger partial charge in [0.1, 0.15) is 0 Å². The summed E-state index contributed by atoms with van der Waals surface area (Å²) in [6.45, 7) is 6.78. The van der Waals surface area contributed by atoms with Crippen LogP contribution in [-0.2, 0) is 17.3 Å². The van der Waals surface area contributed by atoms with Gasteiger partial charge in [-0.2, -0.15) is 13.2 Å². The first-order chi connectivity index (χ1) is 14.8. The number of ether oxygens (including phenoxy) is 1. The molecule has 0 spiro atoms. The molecule has 6 heteroatoms. The zero-order valence-corrected chi connectivity index (χ0v) is 19.4. The lowest BCUT2D eigenvalue weighted by atomic mass is 9.96. The van der Waals surface area contributed by atoms with Gasteiger partial charge >= 0.3 is 6.18 Å². The summed E-state index contributed by atoms with van der Waals surface area (Å²) < 4.78 is 47.1. The van der Waals surface area contributed by atoms with Crippen LogP contribution in [0.15, 0.2) is 28.8 Å². The molecule has 0 saturated carbocycles. The number of benzene rings is 1. The van der Waals surface area contributed by atoms with E-state index in [1.807, 2.05) is 13.8 Å². The number of hydrogen-bond donors (Lipinski definition) is 1. The summed E-state index contributed by atoms with van der Waals surface area (Å²) in [6, 6.07) is 4.66. The summed E-state index contributed by atoms with van der Waals surface area (Å²) in [5.74, 6) is 0.526. The lowest BCUT2D eigenvalue weighted by Crippen LogP contribution is -2.32. The van der Waals surface area contributed by atoms with E-state index in [1.165, 1.54) is 12.5 Å². The minimum absolute atomic E-state index is 0.00779. The fraction of sp³-hybridized carbons (Fsp3) is 0.640. The van der Waals surface area contributed by atoms with E-state index in [0.717, 1.165) is 57.1 Å².